The van der Waals surface area contributed by atoms with Crippen LogP contribution in [0.25, 0.3) is 0 Å². The van der Waals surface area contributed by atoms with Crippen molar-refractivity contribution in [2.75, 3.05) is 18.1 Å². The average Bonchev–Trinajstić information content (AvgIpc) is 2.80. The summed E-state index contributed by atoms with van der Waals surface area (Å²) in [6, 6.07) is 1.99. The molecule has 1 aromatic rings. The molecular formula is C14H24N4O2S. The molecule has 0 spiro atoms. The van der Waals surface area contributed by atoms with E-state index in [1.54, 1.807) is 0 Å². The third-order valence-electron chi connectivity index (χ3n) is 3.82. The van der Waals surface area contributed by atoms with Crippen LogP contribution in [0.4, 0.5) is 5.82 Å². The van der Waals surface area contributed by atoms with E-state index in [0.717, 1.165) is 49.6 Å². The number of anilines is 1. The molecule has 0 aromatic carbocycles. The Morgan fingerprint density at radius 2 is 2.10 bits per heavy atom. The summed E-state index contributed by atoms with van der Waals surface area (Å²) in [6.07, 6.45) is 5.09. The highest BCUT2D eigenvalue weighted by Crippen LogP contribution is 2.26. The molecule has 2 atom stereocenters. The van der Waals surface area contributed by atoms with Gasteiger partial charge in [-0.2, -0.15) is 0 Å². The van der Waals surface area contributed by atoms with Crippen LogP contribution >= 0.6 is 0 Å². The Bertz CT molecular complexity index is 589. The van der Waals surface area contributed by atoms with E-state index in [-0.39, 0.29) is 6.04 Å². The zero-order chi connectivity index (χ0) is 15.5. The van der Waals surface area contributed by atoms with Crippen molar-refractivity contribution in [3.05, 3.63) is 17.6 Å². The Labute approximate surface area is 126 Å². The largest absolute Gasteiger partial charge is 0.370 e. The molecule has 1 fully saturated rings. The molecule has 2 N–H and O–H groups in total. The third-order valence-corrected chi connectivity index (χ3v) is 4.55. The van der Waals surface area contributed by atoms with Gasteiger partial charge in [-0.3, -0.25) is 0 Å². The van der Waals surface area contributed by atoms with Crippen LogP contribution in [-0.4, -0.2) is 37.2 Å². The quantitative estimate of drug-likeness (QED) is 0.831. The maximum Gasteiger partial charge on any atom is 0.208 e. The maximum atomic E-state index is 11.4. The second-order valence-corrected chi connectivity index (χ2v) is 7.49. The van der Waals surface area contributed by atoms with E-state index >= 15 is 0 Å². The van der Waals surface area contributed by atoms with E-state index < -0.39 is 10.0 Å². The van der Waals surface area contributed by atoms with Crippen molar-refractivity contribution in [3.8, 4) is 0 Å². The Morgan fingerprint density at radius 1 is 1.33 bits per heavy atom. The number of hydrogen-bond donors (Lipinski definition) is 2. The SMILES string of the molecule is CCc1cc(NCC2CCCC2NS(C)(=O)=O)nc(C)n1. The summed E-state index contributed by atoms with van der Waals surface area (Å²) in [4.78, 5) is 8.73. The van der Waals surface area contributed by atoms with Crippen LogP contribution in [0.5, 0.6) is 0 Å². The van der Waals surface area contributed by atoms with Gasteiger partial charge in [0.2, 0.25) is 10.0 Å². The second-order valence-electron chi connectivity index (χ2n) is 5.71. The Kier molecular flexibility index (Phi) is 5.16. The molecule has 0 amide bonds. The number of aromatic nitrogens is 2. The van der Waals surface area contributed by atoms with Gasteiger partial charge >= 0.3 is 0 Å². The summed E-state index contributed by atoms with van der Waals surface area (Å²) in [6.45, 7) is 4.68. The molecule has 1 aromatic heterocycles. The zero-order valence-electron chi connectivity index (χ0n) is 12.9. The molecule has 7 heteroatoms. The smallest absolute Gasteiger partial charge is 0.208 e. The minimum absolute atomic E-state index is 0.0288. The standard InChI is InChI=1S/C14H24N4O2S/c1-4-12-8-14(17-10(2)16-12)15-9-11-6-5-7-13(11)18-21(3,19)20/h8,11,13,18H,4-7,9H2,1-3H3,(H,15,16,17). The third kappa shape index (κ3) is 4.93. The normalized spacial score (nSPS) is 22.4. The van der Waals surface area contributed by atoms with Gasteiger partial charge in [-0.25, -0.2) is 23.1 Å². The first-order chi connectivity index (χ1) is 9.87. The van der Waals surface area contributed by atoms with E-state index in [1.165, 1.54) is 6.26 Å². The van der Waals surface area contributed by atoms with Crippen LogP contribution in [0, 0.1) is 12.8 Å². The van der Waals surface area contributed by atoms with Gasteiger partial charge in [0.15, 0.2) is 0 Å². The molecule has 0 bridgehead atoms. The van der Waals surface area contributed by atoms with Gasteiger partial charge in [0.1, 0.15) is 11.6 Å². The molecule has 118 valence electrons. The predicted octanol–water partition coefficient (Wildman–Crippen LogP) is 1.48. The monoisotopic (exact) mass is 312 g/mol. The lowest BCUT2D eigenvalue weighted by molar-refractivity contribution is 0.463. The molecule has 1 aliphatic carbocycles. The minimum Gasteiger partial charge on any atom is -0.370 e. The molecule has 1 aliphatic rings. The van der Waals surface area contributed by atoms with Crippen molar-refractivity contribution < 1.29 is 8.42 Å². The fourth-order valence-electron chi connectivity index (χ4n) is 2.85. The summed E-state index contributed by atoms with van der Waals surface area (Å²) in [5.74, 6) is 1.89. The molecule has 0 radical (unpaired) electrons. The van der Waals surface area contributed by atoms with Gasteiger partial charge in [-0.05, 0) is 32.1 Å². The Hall–Kier alpha value is -1.21. The summed E-state index contributed by atoms with van der Waals surface area (Å²) < 4.78 is 25.5. The number of nitrogens with zero attached hydrogens (tertiary/aromatic N) is 2. The minimum atomic E-state index is -3.14. The topological polar surface area (TPSA) is 84.0 Å². The maximum absolute atomic E-state index is 11.4. The number of sulfonamides is 1. The Morgan fingerprint density at radius 3 is 2.76 bits per heavy atom. The molecule has 1 saturated carbocycles. The van der Waals surface area contributed by atoms with Gasteiger partial charge in [-0.1, -0.05) is 13.3 Å². The van der Waals surface area contributed by atoms with Gasteiger partial charge < -0.3 is 5.32 Å². The number of nitrogens with one attached hydrogen (secondary N) is 2. The molecule has 21 heavy (non-hydrogen) atoms. The first-order valence-corrected chi connectivity index (χ1v) is 9.32. The number of rotatable bonds is 6. The molecule has 6 nitrogen and oxygen atoms in total. The zero-order valence-corrected chi connectivity index (χ0v) is 13.7. The van der Waals surface area contributed by atoms with Gasteiger partial charge in [0.25, 0.3) is 0 Å². The lowest BCUT2D eigenvalue weighted by Crippen LogP contribution is -2.39. The van der Waals surface area contributed by atoms with Crippen molar-refractivity contribution >= 4 is 15.8 Å². The second kappa shape index (κ2) is 6.70. The Balaban J connectivity index is 1.97. The molecule has 1 heterocycles. The highest BCUT2D eigenvalue weighted by atomic mass is 32.2. The van der Waals surface area contributed by atoms with E-state index in [4.69, 9.17) is 0 Å². The predicted molar refractivity (Wildman–Crippen MR) is 83.7 cm³/mol. The summed E-state index contributed by atoms with van der Waals surface area (Å²) >= 11 is 0. The van der Waals surface area contributed by atoms with Crippen molar-refractivity contribution in [3.63, 3.8) is 0 Å². The molecule has 2 rings (SSSR count). The fourth-order valence-corrected chi connectivity index (χ4v) is 3.71. The highest BCUT2D eigenvalue weighted by Gasteiger charge is 2.29. The van der Waals surface area contributed by atoms with Crippen LogP contribution in [0.1, 0.15) is 37.7 Å². The van der Waals surface area contributed by atoms with Crippen LogP contribution < -0.4 is 10.0 Å². The van der Waals surface area contributed by atoms with Crippen LogP contribution in [0.15, 0.2) is 6.07 Å². The van der Waals surface area contributed by atoms with Crippen molar-refractivity contribution in [2.45, 2.75) is 45.6 Å². The molecular weight excluding hydrogens is 288 g/mol. The van der Waals surface area contributed by atoms with Crippen LogP contribution in [-0.2, 0) is 16.4 Å². The molecule has 0 saturated heterocycles. The highest BCUT2D eigenvalue weighted by molar-refractivity contribution is 7.88. The van der Waals surface area contributed by atoms with E-state index in [1.807, 2.05) is 13.0 Å². The van der Waals surface area contributed by atoms with E-state index in [9.17, 15) is 8.42 Å². The van der Waals surface area contributed by atoms with Gasteiger partial charge in [0.05, 0.1) is 6.26 Å². The lowest BCUT2D eigenvalue weighted by atomic mass is 10.0. The molecule has 2 unspecified atom stereocenters. The first-order valence-electron chi connectivity index (χ1n) is 7.43. The fraction of sp³-hybridized carbons (Fsp3) is 0.714. The summed E-state index contributed by atoms with van der Waals surface area (Å²) in [7, 11) is -3.14. The van der Waals surface area contributed by atoms with Gasteiger partial charge in [0, 0.05) is 24.3 Å². The first kappa shape index (κ1) is 16.2. The van der Waals surface area contributed by atoms with Gasteiger partial charge in [-0.15, -0.1) is 0 Å². The van der Waals surface area contributed by atoms with Crippen molar-refractivity contribution in [2.24, 2.45) is 5.92 Å². The summed E-state index contributed by atoms with van der Waals surface area (Å²) in [5, 5.41) is 3.33. The summed E-state index contributed by atoms with van der Waals surface area (Å²) in [5.41, 5.74) is 1.02. The van der Waals surface area contributed by atoms with E-state index in [2.05, 4.69) is 26.9 Å². The number of hydrogen-bond acceptors (Lipinski definition) is 5. The molecule has 0 aliphatic heterocycles. The van der Waals surface area contributed by atoms with E-state index in [0.29, 0.717) is 5.92 Å². The van der Waals surface area contributed by atoms with Crippen LogP contribution in [0.2, 0.25) is 0 Å². The average molecular weight is 312 g/mol. The lowest BCUT2D eigenvalue weighted by Gasteiger charge is -2.20. The van der Waals surface area contributed by atoms with Crippen molar-refractivity contribution in [1.82, 2.24) is 14.7 Å². The van der Waals surface area contributed by atoms with Crippen molar-refractivity contribution in [1.29, 1.82) is 0 Å². The number of aryl methyl sites for hydroxylation is 2. The van der Waals surface area contributed by atoms with Crippen LogP contribution in [0.3, 0.4) is 0 Å².